The topological polar surface area (TPSA) is 35.2 Å². The van der Waals surface area contributed by atoms with Crippen LogP contribution in [0.25, 0.3) is 0 Å². The van der Waals surface area contributed by atoms with Gasteiger partial charge in [0.2, 0.25) is 0 Å². The Bertz CT molecular complexity index is 344. The van der Waals surface area contributed by atoms with Gasteiger partial charge in [0.1, 0.15) is 5.75 Å². The fraction of sp³-hybridized carbons (Fsp3) is 0.400. The smallest absolute Gasteiger partial charge is 0.264 e. The van der Waals surface area contributed by atoms with Crippen molar-refractivity contribution >= 4 is 15.9 Å². The number of nitrogens with two attached hydrogens (primary N) is 1. The Morgan fingerprint density at radius 3 is 2.67 bits per heavy atom. The van der Waals surface area contributed by atoms with Gasteiger partial charge in [-0.2, -0.15) is 0 Å². The Balaban J connectivity index is 2.95. The lowest BCUT2D eigenvalue weighted by atomic mass is 10.1. The first-order chi connectivity index (χ1) is 7.00. The van der Waals surface area contributed by atoms with Crippen molar-refractivity contribution in [1.29, 1.82) is 0 Å². The van der Waals surface area contributed by atoms with E-state index in [1.54, 1.807) is 18.2 Å². The summed E-state index contributed by atoms with van der Waals surface area (Å²) in [5, 5.41) is 0. The van der Waals surface area contributed by atoms with E-state index in [1.807, 2.05) is 0 Å². The first kappa shape index (κ1) is 12.4. The van der Waals surface area contributed by atoms with Crippen molar-refractivity contribution in [2.75, 3.05) is 13.7 Å². The van der Waals surface area contributed by atoms with Crippen LogP contribution >= 0.6 is 15.9 Å². The standard InChI is InChI=1S/C10H12BrF2NO/c1-15-8-4-2-3-7(9(8)11)5-10(12,13)6-14/h2-4H,5-6,14H2,1H3. The van der Waals surface area contributed by atoms with Gasteiger partial charge in [-0.1, -0.05) is 12.1 Å². The van der Waals surface area contributed by atoms with Crippen molar-refractivity contribution < 1.29 is 13.5 Å². The molecule has 0 aromatic heterocycles. The number of methoxy groups -OCH3 is 1. The molecule has 15 heavy (non-hydrogen) atoms. The molecule has 0 atom stereocenters. The van der Waals surface area contributed by atoms with E-state index in [0.717, 1.165) is 0 Å². The minimum Gasteiger partial charge on any atom is -0.496 e. The highest BCUT2D eigenvalue weighted by Gasteiger charge is 2.28. The fourth-order valence-corrected chi connectivity index (χ4v) is 1.77. The summed E-state index contributed by atoms with van der Waals surface area (Å²) in [4.78, 5) is 0. The van der Waals surface area contributed by atoms with Crippen molar-refractivity contribution in [3.05, 3.63) is 28.2 Å². The summed E-state index contributed by atoms with van der Waals surface area (Å²) in [6, 6.07) is 5.00. The molecular formula is C10H12BrF2NO. The first-order valence-electron chi connectivity index (χ1n) is 4.39. The Hall–Kier alpha value is -0.680. The van der Waals surface area contributed by atoms with Gasteiger partial charge in [0.05, 0.1) is 18.1 Å². The summed E-state index contributed by atoms with van der Waals surface area (Å²) in [6.45, 7) is -0.656. The molecule has 2 N–H and O–H groups in total. The van der Waals surface area contributed by atoms with Gasteiger partial charge in [-0.15, -0.1) is 0 Å². The van der Waals surface area contributed by atoms with Gasteiger partial charge in [0, 0.05) is 6.42 Å². The third-order valence-electron chi connectivity index (χ3n) is 2.01. The highest BCUT2D eigenvalue weighted by atomic mass is 79.9. The number of hydrogen-bond donors (Lipinski definition) is 1. The van der Waals surface area contributed by atoms with Crippen LogP contribution in [-0.4, -0.2) is 19.6 Å². The molecule has 0 fully saturated rings. The first-order valence-corrected chi connectivity index (χ1v) is 5.19. The molecule has 0 radical (unpaired) electrons. The molecule has 0 spiro atoms. The maximum Gasteiger partial charge on any atom is 0.264 e. The predicted octanol–water partition coefficient (Wildman–Crippen LogP) is 2.59. The van der Waals surface area contributed by atoms with Crippen molar-refractivity contribution in [2.24, 2.45) is 5.73 Å². The molecule has 1 aromatic carbocycles. The molecule has 0 aliphatic heterocycles. The second kappa shape index (κ2) is 4.90. The second-order valence-electron chi connectivity index (χ2n) is 3.17. The summed E-state index contributed by atoms with van der Waals surface area (Å²) < 4.78 is 31.7. The number of alkyl halides is 2. The maximum atomic E-state index is 13.1. The van der Waals surface area contributed by atoms with E-state index in [1.165, 1.54) is 7.11 Å². The van der Waals surface area contributed by atoms with Gasteiger partial charge in [-0.05, 0) is 27.6 Å². The lowest BCUT2D eigenvalue weighted by Gasteiger charge is -2.15. The normalized spacial score (nSPS) is 11.5. The van der Waals surface area contributed by atoms with Gasteiger partial charge in [0.15, 0.2) is 0 Å². The predicted molar refractivity (Wildman–Crippen MR) is 58.4 cm³/mol. The third-order valence-corrected chi connectivity index (χ3v) is 2.91. The van der Waals surface area contributed by atoms with Crippen LogP contribution in [0.1, 0.15) is 5.56 Å². The Morgan fingerprint density at radius 1 is 1.47 bits per heavy atom. The summed E-state index contributed by atoms with van der Waals surface area (Å²) in [5.41, 5.74) is 5.47. The zero-order valence-electron chi connectivity index (χ0n) is 8.27. The molecule has 1 rings (SSSR count). The van der Waals surface area contributed by atoms with Crippen molar-refractivity contribution in [3.8, 4) is 5.75 Å². The molecule has 0 amide bonds. The van der Waals surface area contributed by atoms with E-state index >= 15 is 0 Å². The highest BCUT2D eigenvalue weighted by Crippen LogP contribution is 2.31. The largest absolute Gasteiger partial charge is 0.496 e. The molecule has 1 aromatic rings. The van der Waals surface area contributed by atoms with Crippen molar-refractivity contribution in [2.45, 2.75) is 12.3 Å². The van der Waals surface area contributed by atoms with Gasteiger partial charge >= 0.3 is 0 Å². The van der Waals surface area contributed by atoms with E-state index in [-0.39, 0.29) is 6.42 Å². The maximum absolute atomic E-state index is 13.1. The Morgan fingerprint density at radius 2 is 2.13 bits per heavy atom. The molecule has 0 saturated heterocycles. The molecule has 2 nitrogen and oxygen atoms in total. The summed E-state index contributed by atoms with van der Waals surface area (Å²) in [6.07, 6.45) is -0.388. The van der Waals surface area contributed by atoms with Crippen LogP contribution in [-0.2, 0) is 6.42 Å². The monoisotopic (exact) mass is 279 g/mol. The van der Waals surface area contributed by atoms with E-state index in [9.17, 15) is 8.78 Å². The van der Waals surface area contributed by atoms with Crippen LogP contribution in [0, 0.1) is 0 Å². The zero-order chi connectivity index (χ0) is 11.5. The molecular weight excluding hydrogens is 268 g/mol. The number of halogens is 3. The second-order valence-corrected chi connectivity index (χ2v) is 3.96. The number of rotatable bonds is 4. The summed E-state index contributed by atoms with van der Waals surface area (Å²) in [7, 11) is 1.49. The minimum atomic E-state index is -2.88. The average molecular weight is 280 g/mol. The highest BCUT2D eigenvalue weighted by molar-refractivity contribution is 9.10. The summed E-state index contributed by atoms with van der Waals surface area (Å²) >= 11 is 3.22. The number of hydrogen-bond acceptors (Lipinski definition) is 2. The van der Waals surface area contributed by atoms with Crippen LogP contribution in [0.4, 0.5) is 8.78 Å². The zero-order valence-corrected chi connectivity index (χ0v) is 9.85. The lowest BCUT2D eigenvalue weighted by Crippen LogP contribution is -2.30. The van der Waals surface area contributed by atoms with Crippen molar-refractivity contribution in [1.82, 2.24) is 0 Å². The van der Waals surface area contributed by atoms with Gasteiger partial charge < -0.3 is 10.5 Å². The van der Waals surface area contributed by atoms with Gasteiger partial charge in [-0.3, -0.25) is 0 Å². The van der Waals surface area contributed by atoms with Crippen LogP contribution in [0.2, 0.25) is 0 Å². The molecule has 0 saturated carbocycles. The number of benzene rings is 1. The molecule has 0 heterocycles. The molecule has 5 heteroatoms. The van der Waals surface area contributed by atoms with Crippen LogP contribution in [0.3, 0.4) is 0 Å². The Kier molecular flexibility index (Phi) is 4.04. The SMILES string of the molecule is COc1cccc(CC(F)(F)CN)c1Br. The van der Waals surface area contributed by atoms with Crippen LogP contribution in [0.15, 0.2) is 22.7 Å². The summed E-state index contributed by atoms with van der Waals surface area (Å²) in [5.74, 6) is -2.34. The minimum absolute atomic E-state index is 0.388. The quantitative estimate of drug-likeness (QED) is 0.920. The van der Waals surface area contributed by atoms with Crippen molar-refractivity contribution in [3.63, 3.8) is 0 Å². The van der Waals surface area contributed by atoms with Gasteiger partial charge in [-0.25, -0.2) is 8.78 Å². The fourth-order valence-electron chi connectivity index (χ4n) is 1.20. The van der Waals surface area contributed by atoms with E-state index in [0.29, 0.717) is 15.8 Å². The molecule has 0 unspecified atom stereocenters. The van der Waals surface area contributed by atoms with E-state index in [4.69, 9.17) is 10.5 Å². The Labute approximate surface area is 95.5 Å². The average Bonchev–Trinajstić information content (AvgIpc) is 2.21. The molecule has 0 aliphatic rings. The van der Waals surface area contributed by atoms with E-state index < -0.39 is 12.5 Å². The molecule has 0 bridgehead atoms. The number of ether oxygens (including phenoxy) is 1. The van der Waals surface area contributed by atoms with Crippen LogP contribution in [0.5, 0.6) is 5.75 Å². The lowest BCUT2D eigenvalue weighted by molar-refractivity contribution is 0.0113. The molecule has 0 aliphatic carbocycles. The van der Waals surface area contributed by atoms with Crippen LogP contribution < -0.4 is 10.5 Å². The van der Waals surface area contributed by atoms with Gasteiger partial charge in [0.25, 0.3) is 5.92 Å². The van der Waals surface area contributed by atoms with E-state index in [2.05, 4.69) is 15.9 Å². The molecule has 84 valence electrons. The third kappa shape index (κ3) is 3.14.